The van der Waals surface area contributed by atoms with E-state index < -0.39 is 0 Å². The first-order chi connectivity index (χ1) is 8.78. The van der Waals surface area contributed by atoms with Gasteiger partial charge in [0, 0.05) is 11.8 Å². The topological polar surface area (TPSA) is 55.1 Å². The molecule has 1 heterocycles. The normalized spacial score (nSPS) is 9.61. The second kappa shape index (κ2) is 5.19. The maximum absolute atomic E-state index is 8.90. The number of ether oxygens (including phenoxy) is 2. The van der Waals surface area contributed by atoms with E-state index in [-0.39, 0.29) is 0 Å². The average Bonchev–Trinajstić information content (AvgIpc) is 2.46. The summed E-state index contributed by atoms with van der Waals surface area (Å²) >= 11 is 0. The van der Waals surface area contributed by atoms with Gasteiger partial charge in [0.25, 0.3) is 0 Å². The number of benzene rings is 1. The minimum atomic E-state index is 0.560. The monoisotopic (exact) mass is 240 g/mol. The fourth-order valence-electron chi connectivity index (χ4n) is 1.66. The van der Waals surface area contributed by atoms with Crippen LogP contribution in [-0.2, 0) is 0 Å². The predicted molar refractivity (Wildman–Crippen MR) is 67.5 cm³/mol. The fourth-order valence-corrected chi connectivity index (χ4v) is 1.66. The molecule has 2 aromatic rings. The van der Waals surface area contributed by atoms with Crippen LogP contribution in [0, 0.1) is 11.3 Å². The zero-order valence-corrected chi connectivity index (χ0v) is 10.2. The first kappa shape index (κ1) is 11.9. The molecule has 0 aliphatic heterocycles. The van der Waals surface area contributed by atoms with Crippen molar-refractivity contribution in [1.29, 1.82) is 5.26 Å². The van der Waals surface area contributed by atoms with Crippen LogP contribution in [0.1, 0.15) is 5.56 Å². The Labute approximate surface area is 105 Å². The highest BCUT2D eigenvalue weighted by Gasteiger charge is 2.09. The first-order valence-electron chi connectivity index (χ1n) is 5.37. The van der Waals surface area contributed by atoms with Gasteiger partial charge in [-0.1, -0.05) is 0 Å². The van der Waals surface area contributed by atoms with Crippen molar-refractivity contribution < 1.29 is 9.47 Å². The molecule has 90 valence electrons. The van der Waals surface area contributed by atoms with Crippen molar-refractivity contribution in [2.45, 2.75) is 0 Å². The molecule has 0 aliphatic rings. The summed E-state index contributed by atoms with van der Waals surface area (Å²) in [4.78, 5) is 4.25. The molecule has 1 aromatic heterocycles. The van der Waals surface area contributed by atoms with Crippen LogP contribution in [0.4, 0.5) is 0 Å². The molecule has 1 aromatic carbocycles. The summed E-state index contributed by atoms with van der Waals surface area (Å²) in [6.07, 6.45) is 1.60. The van der Waals surface area contributed by atoms with Gasteiger partial charge in [0.2, 0.25) is 0 Å². The number of pyridine rings is 1. The van der Waals surface area contributed by atoms with Gasteiger partial charge < -0.3 is 9.47 Å². The molecule has 4 heteroatoms. The van der Waals surface area contributed by atoms with E-state index in [1.165, 1.54) is 0 Å². The van der Waals surface area contributed by atoms with Crippen molar-refractivity contribution in [2.75, 3.05) is 14.2 Å². The zero-order valence-electron chi connectivity index (χ0n) is 10.2. The highest BCUT2D eigenvalue weighted by molar-refractivity contribution is 5.69. The van der Waals surface area contributed by atoms with Gasteiger partial charge in [-0.2, -0.15) is 5.26 Å². The van der Waals surface area contributed by atoms with E-state index in [9.17, 15) is 0 Å². The van der Waals surface area contributed by atoms with E-state index in [1.807, 2.05) is 18.2 Å². The Morgan fingerprint density at radius 3 is 2.61 bits per heavy atom. The number of nitrogens with zero attached hydrogens (tertiary/aromatic N) is 2. The largest absolute Gasteiger partial charge is 0.497 e. The second-order valence-corrected chi connectivity index (χ2v) is 3.61. The summed E-state index contributed by atoms with van der Waals surface area (Å²) in [7, 11) is 3.20. The summed E-state index contributed by atoms with van der Waals surface area (Å²) in [5, 5.41) is 8.90. The first-order valence-corrected chi connectivity index (χ1v) is 5.37. The summed E-state index contributed by atoms with van der Waals surface area (Å²) in [6.45, 7) is 0. The van der Waals surface area contributed by atoms with Gasteiger partial charge in [-0.25, -0.2) is 0 Å². The Balaban J connectivity index is 2.57. The van der Waals surface area contributed by atoms with Crippen LogP contribution >= 0.6 is 0 Å². The molecule has 0 N–H and O–H groups in total. The molecule has 0 aliphatic carbocycles. The Morgan fingerprint density at radius 2 is 1.94 bits per heavy atom. The average molecular weight is 240 g/mol. The zero-order chi connectivity index (χ0) is 13.0. The molecule has 0 radical (unpaired) electrons. The van der Waals surface area contributed by atoms with Crippen LogP contribution in [0.25, 0.3) is 11.3 Å². The number of hydrogen-bond donors (Lipinski definition) is 0. The Hall–Kier alpha value is -2.54. The van der Waals surface area contributed by atoms with Crippen LogP contribution in [0.2, 0.25) is 0 Å². The van der Waals surface area contributed by atoms with Crippen molar-refractivity contribution in [1.82, 2.24) is 4.98 Å². The summed E-state index contributed by atoms with van der Waals surface area (Å²) < 4.78 is 10.5. The Morgan fingerprint density at radius 1 is 1.11 bits per heavy atom. The quantitative estimate of drug-likeness (QED) is 0.827. The molecule has 0 bridgehead atoms. The lowest BCUT2D eigenvalue weighted by molar-refractivity contribution is 0.404. The van der Waals surface area contributed by atoms with Gasteiger partial charge in [-0.05, 0) is 30.3 Å². The minimum Gasteiger partial charge on any atom is -0.497 e. The third-order valence-electron chi connectivity index (χ3n) is 2.57. The maximum atomic E-state index is 8.90. The fraction of sp³-hybridized carbons (Fsp3) is 0.143. The molecule has 2 rings (SSSR count). The lowest BCUT2D eigenvalue weighted by Crippen LogP contribution is -1.92. The number of methoxy groups -OCH3 is 2. The van der Waals surface area contributed by atoms with Gasteiger partial charge in [0.05, 0.1) is 31.5 Å². The van der Waals surface area contributed by atoms with Crippen molar-refractivity contribution >= 4 is 0 Å². The van der Waals surface area contributed by atoms with Crippen LogP contribution in [0.5, 0.6) is 11.5 Å². The third-order valence-corrected chi connectivity index (χ3v) is 2.57. The lowest BCUT2D eigenvalue weighted by atomic mass is 10.1. The highest BCUT2D eigenvalue weighted by atomic mass is 16.5. The van der Waals surface area contributed by atoms with E-state index in [1.54, 1.807) is 32.5 Å². The van der Waals surface area contributed by atoms with Crippen LogP contribution in [0.3, 0.4) is 0 Å². The summed E-state index contributed by atoms with van der Waals surface area (Å²) in [5.41, 5.74) is 2.05. The molecule has 0 spiro atoms. The van der Waals surface area contributed by atoms with Crippen molar-refractivity contribution in [3.63, 3.8) is 0 Å². The minimum absolute atomic E-state index is 0.560. The molecule has 0 atom stereocenters. The number of nitriles is 1. The highest BCUT2D eigenvalue weighted by Crippen LogP contribution is 2.32. The molecule has 0 unspecified atom stereocenters. The van der Waals surface area contributed by atoms with Gasteiger partial charge >= 0.3 is 0 Å². The van der Waals surface area contributed by atoms with E-state index in [2.05, 4.69) is 11.1 Å². The van der Waals surface area contributed by atoms with E-state index in [0.29, 0.717) is 17.0 Å². The van der Waals surface area contributed by atoms with E-state index in [4.69, 9.17) is 14.7 Å². The van der Waals surface area contributed by atoms with Crippen LogP contribution in [0.15, 0.2) is 36.5 Å². The van der Waals surface area contributed by atoms with Crippen molar-refractivity contribution in [2.24, 2.45) is 0 Å². The second-order valence-electron chi connectivity index (χ2n) is 3.61. The molecular weight excluding hydrogens is 228 g/mol. The third kappa shape index (κ3) is 2.25. The molecule has 4 nitrogen and oxygen atoms in total. The van der Waals surface area contributed by atoms with Crippen LogP contribution < -0.4 is 9.47 Å². The van der Waals surface area contributed by atoms with Gasteiger partial charge in [-0.3, -0.25) is 4.98 Å². The van der Waals surface area contributed by atoms with Gasteiger partial charge in [0.15, 0.2) is 0 Å². The van der Waals surface area contributed by atoms with Crippen molar-refractivity contribution in [3.8, 4) is 28.8 Å². The van der Waals surface area contributed by atoms with E-state index >= 15 is 0 Å². The SMILES string of the molecule is COc1ccc(OC)c(-c2cc(C#N)ccn2)c1. The smallest absolute Gasteiger partial charge is 0.128 e. The molecular formula is C14H12N2O2. The van der Waals surface area contributed by atoms with Gasteiger partial charge in [-0.15, -0.1) is 0 Å². The van der Waals surface area contributed by atoms with Gasteiger partial charge in [0.1, 0.15) is 11.5 Å². The molecule has 0 fully saturated rings. The summed E-state index contributed by atoms with van der Waals surface area (Å²) in [6, 6.07) is 10.9. The predicted octanol–water partition coefficient (Wildman–Crippen LogP) is 2.64. The van der Waals surface area contributed by atoms with Crippen LogP contribution in [-0.4, -0.2) is 19.2 Å². The number of rotatable bonds is 3. The lowest BCUT2D eigenvalue weighted by Gasteiger charge is -2.10. The standard InChI is InChI=1S/C14H12N2O2/c1-17-11-3-4-14(18-2)12(8-11)13-7-10(9-15)5-6-16-13/h3-8H,1-2H3. The maximum Gasteiger partial charge on any atom is 0.128 e. The van der Waals surface area contributed by atoms with E-state index in [0.717, 1.165) is 11.3 Å². The summed E-state index contributed by atoms with van der Waals surface area (Å²) in [5.74, 6) is 1.41. The number of aromatic nitrogens is 1. The molecule has 0 amide bonds. The number of hydrogen-bond acceptors (Lipinski definition) is 4. The Kier molecular flexibility index (Phi) is 3.44. The molecule has 0 saturated heterocycles. The molecule has 18 heavy (non-hydrogen) atoms. The Bertz CT molecular complexity index is 603. The van der Waals surface area contributed by atoms with Crippen molar-refractivity contribution in [3.05, 3.63) is 42.1 Å². The molecule has 0 saturated carbocycles.